The molecule has 0 fully saturated rings. The van der Waals surface area contributed by atoms with Gasteiger partial charge in [-0.1, -0.05) is 13.8 Å². The third-order valence-corrected chi connectivity index (χ3v) is 2.97. The highest BCUT2D eigenvalue weighted by molar-refractivity contribution is 7.93. The van der Waals surface area contributed by atoms with Gasteiger partial charge >= 0.3 is 0 Å². The molecule has 0 N–H and O–H groups in total. The molecule has 1 amide bonds. The lowest BCUT2D eigenvalue weighted by Gasteiger charge is -2.08. The molecule has 0 aliphatic rings. The Labute approximate surface area is 87.9 Å². The molecular formula is C9H22N2O2S. The fraction of sp³-hybridized carbons (Fsp3) is 0.889. The predicted octanol–water partition coefficient (Wildman–Crippen LogP) is 1.22. The lowest BCUT2D eigenvalue weighted by atomic mass is 10.5. The highest BCUT2D eigenvalue weighted by Crippen LogP contribution is 1.94. The molecule has 14 heavy (non-hydrogen) atoms. The van der Waals surface area contributed by atoms with Crippen LogP contribution in [-0.4, -0.2) is 48.2 Å². The largest absolute Gasteiger partial charge is 0.309 e. The van der Waals surface area contributed by atoms with E-state index >= 15 is 0 Å². The second kappa shape index (κ2) is 9.15. The van der Waals surface area contributed by atoms with Crippen molar-refractivity contribution in [2.45, 2.75) is 20.3 Å². The van der Waals surface area contributed by atoms with Crippen LogP contribution in [0, 0.1) is 0 Å². The van der Waals surface area contributed by atoms with Gasteiger partial charge < -0.3 is 4.90 Å². The van der Waals surface area contributed by atoms with Crippen molar-refractivity contribution >= 4 is 16.1 Å². The number of rotatable bonds is 5. The van der Waals surface area contributed by atoms with Crippen LogP contribution in [0.3, 0.4) is 0 Å². The molecule has 1 atom stereocenters. The van der Waals surface area contributed by atoms with Crippen molar-refractivity contribution in [2.24, 2.45) is 4.36 Å². The van der Waals surface area contributed by atoms with Crippen LogP contribution in [0.5, 0.6) is 0 Å². The molecule has 0 radical (unpaired) electrons. The number of nitrogens with zero attached hydrogens (tertiary/aromatic N) is 2. The van der Waals surface area contributed by atoms with Gasteiger partial charge in [-0.2, -0.15) is 4.36 Å². The highest BCUT2D eigenvalue weighted by atomic mass is 32.2. The second-order valence-corrected chi connectivity index (χ2v) is 5.57. The molecule has 0 rings (SSSR count). The Bertz CT molecular complexity index is 243. The summed E-state index contributed by atoms with van der Waals surface area (Å²) < 4.78 is 14.7. The van der Waals surface area contributed by atoms with Gasteiger partial charge in [-0.25, -0.2) is 4.21 Å². The van der Waals surface area contributed by atoms with E-state index in [1.807, 2.05) is 32.8 Å². The quantitative estimate of drug-likeness (QED) is 0.657. The van der Waals surface area contributed by atoms with Crippen LogP contribution >= 0.6 is 0 Å². The fourth-order valence-corrected chi connectivity index (χ4v) is 1.74. The van der Waals surface area contributed by atoms with Crippen molar-refractivity contribution in [3.63, 3.8) is 0 Å². The fourth-order valence-electron chi connectivity index (χ4n) is 0.792. The van der Waals surface area contributed by atoms with Crippen LogP contribution in [0.25, 0.3) is 0 Å². The predicted molar refractivity (Wildman–Crippen MR) is 61.9 cm³/mol. The molecule has 0 bridgehead atoms. The Morgan fingerprint density at radius 2 is 1.86 bits per heavy atom. The monoisotopic (exact) mass is 222 g/mol. The van der Waals surface area contributed by atoms with E-state index in [2.05, 4.69) is 4.36 Å². The van der Waals surface area contributed by atoms with E-state index in [-0.39, 0.29) is 0 Å². The lowest BCUT2D eigenvalue weighted by molar-refractivity contribution is -0.106. The summed E-state index contributed by atoms with van der Waals surface area (Å²) in [6, 6.07) is 0. The van der Waals surface area contributed by atoms with Crippen LogP contribution in [0.2, 0.25) is 0 Å². The number of hydrogen-bond donors (Lipinski definition) is 0. The maximum atomic E-state index is 11.4. The summed E-state index contributed by atoms with van der Waals surface area (Å²) in [5.41, 5.74) is 0. The summed E-state index contributed by atoms with van der Waals surface area (Å²) in [7, 11) is 1.66. The molecule has 0 aromatic heterocycles. The number of carbonyl (C=O) groups excluding carboxylic acids is 1. The molecule has 0 aliphatic carbocycles. The maximum Gasteiger partial charge on any atom is 0.241 e. The van der Waals surface area contributed by atoms with E-state index in [0.29, 0.717) is 12.2 Å². The first kappa shape index (κ1) is 16.0. The molecule has 0 aromatic carbocycles. The zero-order valence-corrected chi connectivity index (χ0v) is 10.6. The molecule has 0 saturated carbocycles. The van der Waals surface area contributed by atoms with Gasteiger partial charge in [0.25, 0.3) is 0 Å². The summed E-state index contributed by atoms with van der Waals surface area (Å²) in [4.78, 5) is 12.0. The van der Waals surface area contributed by atoms with E-state index in [9.17, 15) is 9.00 Å². The molecule has 1 unspecified atom stereocenters. The highest BCUT2D eigenvalue weighted by Gasteiger charge is 2.00. The lowest BCUT2D eigenvalue weighted by Crippen LogP contribution is -2.16. The van der Waals surface area contributed by atoms with Gasteiger partial charge in [-0.3, -0.25) is 4.79 Å². The zero-order chi connectivity index (χ0) is 11.6. The maximum absolute atomic E-state index is 11.4. The number of amides is 1. The van der Waals surface area contributed by atoms with Crippen LogP contribution < -0.4 is 0 Å². The minimum atomic E-state index is -2.25. The Balaban J connectivity index is 0. The third kappa shape index (κ3) is 11.6. The first-order valence-corrected chi connectivity index (χ1v) is 6.84. The van der Waals surface area contributed by atoms with Crippen LogP contribution in [0.4, 0.5) is 0 Å². The molecule has 86 valence electrons. The van der Waals surface area contributed by atoms with E-state index in [0.717, 1.165) is 13.0 Å². The van der Waals surface area contributed by atoms with E-state index in [1.165, 1.54) is 6.26 Å². The SMILES string of the molecule is CC.CN(C)CCCS(C)(=O)=NC=O. The van der Waals surface area contributed by atoms with Crippen LogP contribution in [0.15, 0.2) is 4.36 Å². The zero-order valence-electron chi connectivity index (χ0n) is 9.82. The van der Waals surface area contributed by atoms with Crippen molar-refractivity contribution in [3.8, 4) is 0 Å². The number of hydrogen-bond acceptors (Lipinski definition) is 3. The van der Waals surface area contributed by atoms with Crippen LogP contribution in [-0.2, 0) is 14.5 Å². The van der Waals surface area contributed by atoms with Crippen molar-refractivity contribution in [3.05, 3.63) is 0 Å². The molecule has 4 nitrogen and oxygen atoms in total. The summed E-state index contributed by atoms with van der Waals surface area (Å²) in [6.07, 6.45) is 2.69. The van der Waals surface area contributed by atoms with Gasteiger partial charge in [-0.15, -0.1) is 0 Å². The van der Waals surface area contributed by atoms with Gasteiger partial charge in [0.1, 0.15) is 0 Å². The van der Waals surface area contributed by atoms with Gasteiger partial charge in [0.15, 0.2) is 0 Å². The molecule has 5 heteroatoms. The third-order valence-electron chi connectivity index (χ3n) is 1.39. The normalized spacial score (nSPS) is 13.9. The average molecular weight is 222 g/mol. The molecule has 0 aromatic rings. The minimum Gasteiger partial charge on any atom is -0.309 e. The Morgan fingerprint density at radius 1 is 1.36 bits per heavy atom. The standard InChI is InChI=1S/C7H16N2O2S.C2H6/c1-9(2)5-4-6-12(3,11)8-7-10;1-2/h7H,4-6H2,1-3H3;1-2H3. The van der Waals surface area contributed by atoms with Gasteiger partial charge in [0.2, 0.25) is 6.41 Å². The average Bonchev–Trinajstić information content (AvgIpc) is 2.06. The second-order valence-electron chi connectivity index (χ2n) is 3.03. The van der Waals surface area contributed by atoms with Crippen molar-refractivity contribution < 1.29 is 9.00 Å². The van der Waals surface area contributed by atoms with E-state index in [1.54, 1.807) is 0 Å². The Kier molecular flexibility index (Phi) is 10.5. The van der Waals surface area contributed by atoms with E-state index in [4.69, 9.17) is 0 Å². The molecule has 0 spiro atoms. The summed E-state index contributed by atoms with van der Waals surface area (Å²) in [5, 5.41) is 0. The first-order valence-electron chi connectivity index (χ1n) is 4.75. The van der Waals surface area contributed by atoms with Crippen molar-refractivity contribution in [1.29, 1.82) is 0 Å². The van der Waals surface area contributed by atoms with E-state index < -0.39 is 9.73 Å². The summed E-state index contributed by atoms with van der Waals surface area (Å²) in [6.45, 7) is 4.87. The van der Waals surface area contributed by atoms with Gasteiger partial charge in [-0.05, 0) is 27.1 Å². The Morgan fingerprint density at radius 3 is 2.21 bits per heavy atom. The smallest absolute Gasteiger partial charge is 0.241 e. The van der Waals surface area contributed by atoms with Gasteiger partial charge in [0.05, 0.1) is 9.73 Å². The number of carbonyl (C=O) groups is 1. The first-order chi connectivity index (χ1) is 6.48. The van der Waals surface area contributed by atoms with Crippen LogP contribution in [0.1, 0.15) is 20.3 Å². The minimum absolute atomic E-state index is 0.373. The molecule has 0 aliphatic heterocycles. The summed E-state index contributed by atoms with van der Waals surface area (Å²) in [5.74, 6) is 0.490. The topological polar surface area (TPSA) is 49.7 Å². The molecular weight excluding hydrogens is 200 g/mol. The van der Waals surface area contributed by atoms with Crippen molar-refractivity contribution in [2.75, 3.05) is 32.6 Å². The van der Waals surface area contributed by atoms with Crippen molar-refractivity contribution in [1.82, 2.24) is 4.90 Å². The Hall–Kier alpha value is -0.420. The molecule has 0 saturated heterocycles. The van der Waals surface area contributed by atoms with Gasteiger partial charge in [0, 0.05) is 12.0 Å². The summed E-state index contributed by atoms with van der Waals surface area (Å²) >= 11 is 0. The molecule has 0 heterocycles.